The van der Waals surface area contributed by atoms with Crippen molar-refractivity contribution in [3.05, 3.63) is 88.9 Å². The number of benzene rings is 3. The van der Waals surface area contributed by atoms with Gasteiger partial charge in [0.1, 0.15) is 5.78 Å². The Labute approximate surface area is 200 Å². The zero-order valence-electron chi connectivity index (χ0n) is 19.2. The minimum Gasteiger partial charge on any atom is -0.378 e. The minimum atomic E-state index is -3.34. The summed E-state index contributed by atoms with van der Waals surface area (Å²) in [6.45, 7) is 4.73. The summed E-state index contributed by atoms with van der Waals surface area (Å²) < 4.78 is 22.0. The molecule has 32 heavy (non-hydrogen) atoms. The molecule has 0 bridgehead atoms. The van der Waals surface area contributed by atoms with Crippen LogP contribution in [0.3, 0.4) is 0 Å². The summed E-state index contributed by atoms with van der Waals surface area (Å²) in [5.74, 6) is -0.0526. The summed E-state index contributed by atoms with van der Waals surface area (Å²) >= 11 is 3.51. The van der Waals surface area contributed by atoms with Gasteiger partial charge in [0.05, 0.1) is 6.61 Å². The zero-order valence-corrected chi connectivity index (χ0v) is 21.6. The SMILES string of the molecule is CC(C)CCO[P@](=O)(c1ccc(N(C)C)cc1)[C@@H](Nc1ccccc1)c1ccc(Br)cc1. The lowest BCUT2D eigenvalue weighted by atomic mass is 10.2. The molecule has 0 aliphatic heterocycles. The van der Waals surface area contributed by atoms with E-state index in [1.807, 2.05) is 97.9 Å². The largest absolute Gasteiger partial charge is 0.378 e. The number of halogens is 1. The smallest absolute Gasteiger partial charge is 0.258 e. The summed E-state index contributed by atoms with van der Waals surface area (Å²) in [4.78, 5) is 2.03. The Morgan fingerprint density at radius 3 is 2.12 bits per heavy atom. The van der Waals surface area contributed by atoms with Crippen molar-refractivity contribution < 1.29 is 9.09 Å². The molecule has 0 spiro atoms. The first-order chi connectivity index (χ1) is 15.3. The molecular formula is C26H32BrN2O2P. The van der Waals surface area contributed by atoms with E-state index in [1.54, 1.807) is 0 Å². The third kappa shape index (κ3) is 6.25. The van der Waals surface area contributed by atoms with E-state index in [0.29, 0.717) is 17.8 Å². The molecule has 3 aromatic rings. The predicted octanol–water partition coefficient (Wildman–Crippen LogP) is 7.29. The van der Waals surface area contributed by atoms with Crippen LogP contribution < -0.4 is 15.5 Å². The number of nitrogens with zero attached hydrogens (tertiary/aromatic N) is 1. The number of rotatable bonds is 10. The molecule has 0 fully saturated rings. The second-order valence-electron chi connectivity index (χ2n) is 8.49. The van der Waals surface area contributed by atoms with Gasteiger partial charge in [-0.3, -0.25) is 4.57 Å². The van der Waals surface area contributed by atoms with Crippen molar-refractivity contribution in [3.63, 3.8) is 0 Å². The van der Waals surface area contributed by atoms with Gasteiger partial charge in [-0.25, -0.2) is 0 Å². The Kier molecular flexibility index (Phi) is 8.58. The van der Waals surface area contributed by atoms with Crippen LogP contribution in [0.4, 0.5) is 11.4 Å². The number of anilines is 2. The van der Waals surface area contributed by atoms with Crippen molar-refractivity contribution in [1.82, 2.24) is 0 Å². The second kappa shape index (κ2) is 11.2. The van der Waals surface area contributed by atoms with E-state index in [9.17, 15) is 4.57 Å². The molecule has 0 aliphatic rings. The van der Waals surface area contributed by atoms with Crippen LogP contribution >= 0.6 is 23.3 Å². The van der Waals surface area contributed by atoms with Gasteiger partial charge in [-0.05, 0) is 66.4 Å². The van der Waals surface area contributed by atoms with Crippen LogP contribution in [0.5, 0.6) is 0 Å². The van der Waals surface area contributed by atoms with Crippen LogP contribution in [0.1, 0.15) is 31.6 Å². The fourth-order valence-corrected chi connectivity index (χ4v) is 6.07. The maximum Gasteiger partial charge on any atom is 0.258 e. The van der Waals surface area contributed by atoms with E-state index >= 15 is 0 Å². The van der Waals surface area contributed by atoms with Crippen LogP contribution in [-0.4, -0.2) is 20.7 Å². The Balaban J connectivity index is 2.08. The van der Waals surface area contributed by atoms with Gasteiger partial charge in [-0.1, -0.05) is 60.1 Å². The number of para-hydroxylation sites is 1. The average Bonchev–Trinajstić information content (AvgIpc) is 2.78. The molecule has 2 atom stereocenters. The van der Waals surface area contributed by atoms with Crippen molar-refractivity contribution >= 4 is 40.0 Å². The molecule has 1 N–H and O–H groups in total. The van der Waals surface area contributed by atoms with Crippen LogP contribution in [0.25, 0.3) is 0 Å². The van der Waals surface area contributed by atoms with Crippen LogP contribution in [0.2, 0.25) is 0 Å². The van der Waals surface area contributed by atoms with E-state index in [4.69, 9.17) is 4.52 Å². The highest BCUT2D eigenvalue weighted by Gasteiger charge is 2.38. The molecule has 3 aromatic carbocycles. The van der Waals surface area contributed by atoms with E-state index in [1.165, 1.54) is 0 Å². The van der Waals surface area contributed by atoms with Gasteiger partial charge < -0.3 is 14.7 Å². The molecule has 4 nitrogen and oxygen atoms in total. The Morgan fingerprint density at radius 1 is 0.938 bits per heavy atom. The Hall–Kier alpha value is -2.07. The van der Waals surface area contributed by atoms with Gasteiger partial charge in [0, 0.05) is 35.2 Å². The zero-order chi connectivity index (χ0) is 23.1. The fourth-order valence-electron chi connectivity index (χ4n) is 3.38. The van der Waals surface area contributed by atoms with Gasteiger partial charge in [-0.2, -0.15) is 0 Å². The van der Waals surface area contributed by atoms with Crippen molar-refractivity contribution in [2.24, 2.45) is 5.92 Å². The van der Waals surface area contributed by atoms with Gasteiger partial charge in [-0.15, -0.1) is 0 Å². The van der Waals surface area contributed by atoms with Gasteiger partial charge in [0.25, 0.3) is 7.37 Å². The third-order valence-electron chi connectivity index (χ3n) is 5.31. The summed E-state index contributed by atoms with van der Waals surface area (Å²) in [7, 11) is 0.655. The standard InChI is InChI=1S/C26H32BrN2O2P/c1-20(2)18-19-31-32(30,25-16-14-24(15-17-25)29(3)4)26(21-10-12-22(27)13-11-21)28-23-8-6-5-7-9-23/h5-17,20,26,28H,18-19H2,1-4H3/t26-,32-/m1/s1. The lowest BCUT2D eigenvalue weighted by Crippen LogP contribution is -2.21. The summed E-state index contributed by atoms with van der Waals surface area (Å²) in [5, 5.41) is 4.23. The first-order valence-electron chi connectivity index (χ1n) is 10.9. The van der Waals surface area contributed by atoms with E-state index in [-0.39, 0.29) is 0 Å². The van der Waals surface area contributed by atoms with Crippen LogP contribution in [-0.2, 0) is 9.09 Å². The van der Waals surface area contributed by atoms with Crippen molar-refractivity contribution in [1.29, 1.82) is 0 Å². The maximum absolute atomic E-state index is 14.8. The Bertz CT molecular complexity index is 1020. The molecular weight excluding hydrogens is 483 g/mol. The highest BCUT2D eigenvalue weighted by Crippen LogP contribution is 2.59. The minimum absolute atomic E-state index is 0.438. The summed E-state index contributed by atoms with van der Waals surface area (Å²) in [5.41, 5.74) is 2.87. The van der Waals surface area contributed by atoms with Crippen LogP contribution in [0, 0.1) is 5.92 Å². The van der Waals surface area contributed by atoms with Crippen molar-refractivity contribution in [2.45, 2.75) is 26.1 Å². The first-order valence-corrected chi connectivity index (χ1v) is 13.4. The normalized spacial score (nSPS) is 14.1. The molecule has 170 valence electrons. The molecule has 0 unspecified atom stereocenters. The lowest BCUT2D eigenvalue weighted by Gasteiger charge is -2.30. The van der Waals surface area contributed by atoms with Crippen molar-refractivity contribution in [3.8, 4) is 0 Å². The van der Waals surface area contributed by atoms with Gasteiger partial charge >= 0.3 is 0 Å². The molecule has 0 amide bonds. The average molecular weight is 515 g/mol. The highest BCUT2D eigenvalue weighted by atomic mass is 79.9. The molecule has 0 saturated heterocycles. The predicted molar refractivity (Wildman–Crippen MR) is 140 cm³/mol. The number of hydrogen-bond donors (Lipinski definition) is 1. The number of nitrogens with one attached hydrogen (secondary N) is 1. The second-order valence-corrected chi connectivity index (χ2v) is 11.9. The first kappa shape index (κ1) is 24.6. The third-order valence-corrected chi connectivity index (χ3v) is 8.53. The molecule has 6 heteroatoms. The summed E-state index contributed by atoms with van der Waals surface area (Å²) in [6.07, 6.45) is 0.845. The molecule has 0 saturated carbocycles. The van der Waals surface area contributed by atoms with Gasteiger partial charge in [0.2, 0.25) is 0 Å². The molecule has 0 heterocycles. The van der Waals surface area contributed by atoms with Crippen molar-refractivity contribution in [2.75, 3.05) is 30.9 Å². The summed E-state index contributed by atoms with van der Waals surface area (Å²) in [6, 6.07) is 25.7. The molecule has 0 aromatic heterocycles. The quantitative estimate of drug-likeness (QED) is 0.288. The molecule has 3 rings (SSSR count). The van der Waals surface area contributed by atoms with Crippen LogP contribution in [0.15, 0.2) is 83.3 Å². The monoisotopic (exact) mass is 514 g/mol. The number of hydrogen-bond acceptors (Lipinski definition) is 4. The topological polar surface area (TPSA) is 41.6 Å². The molecule has 0 radical (unpaired) electrons. The van der Waals surface area contributed by atoms with E-state index in [0.717, 1.165) is 27.8 Å². The fraction of sp³-hybridized carbons (Fsp3) is 0.308. The van der Waals surface area contributed by atoms with E-state index < -0.39 is 13.2 Å². The lowest BCUT2D eigenvalue weighted by molar-refractivity contribution is 0.290. The highest BCUT2D eigenvalue weighted by molar-refractivity contribution is 9.10. The van der Waals surface area contributed by atoms with Gasteiger partial charge in [0.15, 0.2) is 0 Å². The Morgan fingerprint density at radius 2 is 1.56 bits per heavy atom. The van der Waals surface area contributed by atoms with E-state index in [2.05, 4.69) is 35.1 Å². The molecule has 0 aliphatic carbocycles. The maximum atomic E-state index is 14.8.